The van der Waals surface area contributed by atoms with E-state index in [1.54, 1.807) is 53.4 Å². The zero-order valence-corrected chi connectivity index (χ0v) is 19.3. The zero-order chi connectivity index (χ0) is 22.5. The standard InChI is InChI=1S/C22H20Cl2N4O3S/c23-15-5-7-16(8-6-15)31-13-19-26-27-22(32-19)25-20(29)14-9-11-28(12-10-14)21(30)17-3-1-2-4-18(17)24/h1-8,14H,9-13H2,(H,25,27,29). The van der Waals surface area contributed by atoms with Gasteiger partial charge in [-0.2, -0.15) is 0 Å². The minimum atomic E-state index is -0.192. The van der Waals surface area contributed by atoms with E-state index in [0.29, 0.717) is 57.4 Å². The van der Waals surface area contributed by atoms with Gasteiger partial charge in [0.25, 0.3) is 5.91 Å². The Morgan fingerprint density at radius 3 is 2.50 bits per heavy atom. The number of hydrogen-bond acceptors (Lipinski definition) is 6. The molecule has 1 aliphatic rings. The summed E-state index contributed by atoms with van der Waals surface area (Å²) in [7, 11) is 0. The molecule has 7 nitrogen and oxygen atoms in total. The highest BCUT2D eigenvalue weighted by Gasteiger charge is 2.29. The molecule has 2 amide bonds. The number of amides is 2. The highest BCUT2D eigenvalue weighted by molar-refractivity contribution is 7.15. The van der Waals surface area contributed by atoms with Crippen molar-refractivity contribution in [3.8, 4) is 5.75 Å². The van der Waals surface area contributed by atoms with Crippen LogP contribution in [0.4, 0.5) is 5.13 Å². The van der Waals surface area contributed by atoms with Crippen LogP contribution in [-0.2, 0) is 11.4 Å². The number of ether oxygens (including phenoxy) is 1. The first-order valence-corrected chi connectivity index (χ1v) is 11.6. The molecular weight excluding hydrogens is 471 g/mol. The lowest BCUT2D eigenvalue weighted by Gasteiger charge is -2.31. The Morgan fingerprint density at radius 1 is 1.06 bits per heavy atom. The summed E-state index contributed by atoms with van der Waals surface area (Å²) >= 11 is 13.3. The van der Waals surface area contributed by atoms with Gasteiger partial charge in [0.05, 0.1) is 10.6 Å². The number of carbonyl (C=O) groups is 2. The number of carbonyl (C=O) groups excluding carboxylic acids is 2. The molecule has 32 heavy (non-hydrogen) atoms. The lowest BCUT2D eigenvalue weighted by molar-refractivity contribution is -0.121. The third-order valence-electron chi connectivity index (χ3n) is 5.13. The summed E-state index contributed by atoms with van der Waals surface area (Å²) in [6, 6.07) is 14.0. The number of anilines is 1. The van der Waals surface area contributed by atoms with Crippen LogP contribution in [0.25, 0.3) is 0 Å². The average molecular weight is 491 g/mol. The molecule has 2 aromatic carbocycles. The maximum absolute atomic E-state index is 12.7. The van der Waals surface area contributed by atoms with Gasteiger partial charge in [0, 0.05) is 24.0 Å². The van der Waals surface area contributed by atoms with Crippen molar-refractivity contribution in [3.05, 3.63) is 69.1 Å². The molecule has 1 aromatic heterocycles. The van der Waals surface area contributed by atoms with E-state index in [9.17, 15) is 9.59 Å². The highest BCUT2D eigenvalue weighted by atomic mass is 35.5. The van der Waals surface area contributed by atoms with Gasteiger partial charge in [-0.25, -0.2) is 0 Å². The SMILES string of the molecule is O=C(Nc1nnc(COc2ccc(Cl)cc2)s1)C1CCN(C(=O)c2ccccc2Cl)CC1. The topological polar surface area (TPSA) is 84.4 Å². The van der Waals surface area contributed by atoms with Crippen molar-refractivity contribution >= 4 is 51.5 Å². The number of piperidine rings is 1. The smallest absolute Gasteiger partial charge is 0.255 e. The lowest BCUT2D eigenvalue weighted by Crippen LogP contribution is -2.41. The van der Waals surface area contributed by atoms with Gasteiger partial charge in [-0.15, -0.1) is 10.2 Å². The van der Waals surface area contributed by atoms with E-state index in [2.05, 4.69) is 15.5 Å². The van der Waals surface area contributed by atoms with Crippen molar-refractivity contribution in [2.24, 2.45) is 5.92 Å². The zero-order valence-electron chi connectivity index (χ0n) is 17.0. The fraction of sp³-hybridized carbons (Fsp3) is 0.273. The van der Waals surface area contributed by atoms with Crippen LogP contribution in [0.3, 0.4) is 0 Å². The summed E-state index contributed by atoms with van der Waals surface area (Å²) < 4.78 is 5.65. The average Bonchev–Trinajstić information content (AvgIpc) is 3.26. The molecule has 0 unspecified atom stereocenters. The maximum atomic E-state index is 12.7. The number of hydrogen-bond donors (Lipinski definition) is 1. The van der Waals surface area contributed by atoms with Crippen LogP contribution in [0, 0.1) is 5.92 Å². The van der Waals surface area contributed by atoms with Crippen LogP contribution in [0.5, 0.6) is 5.75 Å². The summed E-state index contributed by atoms with van der Waals surface area (Å²) in [5, 5.41) is 13.1. The van der Waals surface area contributed by atoms with Crippen LogP contribution in [0.15, 0.2) is 48.5 Å². The molecule has 0 aliphatic carbocycles. The molecule has 1 saturated heterocycles. The van der Waals surface area contributed by atoms with Crippen molar-refractivity contribution in [1.82, 2.24) is 15.1 Å². The number of nitrogens with zero attached hydrogens (tertiary/aromatic N) is 3. The molecule has 1 N–H and O–H groups in total. The quantitative estimate of drug-likeness (QED) is 0.530. The normalized spacial score (nSPS) is 14.2. The predicted octanol–water partition coefficient (Wildman–Crippen LogP) is 4.91. The molecule has 3 aromatic rings. The van der Waals surface area contributed by atoms with E-state index < -0.39 is 0 Å². The van der Waals surface area contributed by atoms with Crippen LogP contribution >= 0.6 is 34.5 Å². The predicted molar refractivity (Wildman–Crippen MR) is 124 cm³/mol. The minimum absolute atomic E-state index is 0.107. The second-order valence-corrected chi connectivity index (χ2v) is 9.18. The molecule has 0 spiro atoms. The van der Waals surface area contributed by atoms with Gasteiger partial charge in [-0.3, -0.25) is 9.59 Å². The van der Waals surface area contributed by atoms with Crippen molar-refractivity contribution in [2.45, 2.75) is 19.4 Å². The Balaban J connectivity index is 1.26. The largest absolute Gasteiger partial charge is 0.486 e. The van der Waals surface area contributed by atoms with Crippen LogP contribution in [-0.4, -0.2) is 40.0 Å². The van der Waals surface area contributed by atoms with Crippen LogP contribution in [0.2, 0.25) is 10.0 Å². The first-order chi connectivity index (χ1) is 15.5. The van der Waals surface area contributed by atoms with E-state index in [1.807, 2.05) is 0 Å². The summed E-state index contributed by atoms with van der Waals surface area (Å²) in [6.45, 7) is 1.24. The number of aromatic nitrogens is 2. The summed E-state index contributed by atoms with van der Waals surface area (Å²) in [6.07, 6.45) is 1.15. The van der Waals surface area contributed by atoms with Gasteiger partial charge in [-0.1, -0.05) is 46.7 Å². The fourth-order valence-electron chi connectivity index (χ4n) is 3.40. The van der Waals surface area contributed by atoms with E-state index >= 15 is 0 Å². The van der Waals surface area contributed by atoms with Gasteiger partial charge in [0.15, 0.2) is 5.01 Å². The van der Waals surface area contributed by atoms with Gasteiger partial charge in [-0.05, 0) is 49.2 Å². The molecule has 4 rings (SSSR count). The fourth-order valence-corrected chi connectivity index (χ4v) is 4.39. The van der Waals surface area contributed by atoms with Crippen molar-refractivity contribution < 1.29 is 14.3 Å². The molecule has 2 heterocycles. The Bertz CT molecular complexity index is 1100. The van der Waals surface area contributed by atoms with E-state index in [1.165, 1.54) is 11.3 Å². The van der Waals surface area contributed by atoms with Crippen LogP contribution in [0.1, 0.15) is 28.2 Å². The number of nitrogens with one attached hydrogen (secondary N) is 1. The monoisotopic (exact) mass is 490 g/mol. The summed E-state index contributed by atoms with van der Waals surface area (Å²) in [5.41, 5.74) is 0.485. The Kier molecular flexibility index (Phi) is 7.24. The minimum Gasteiger partial charge on any atom is -0.486 e. The second kappa shape index (κ2) is 10.3. The summed E-state index contributed by atoms with van der Waals surface area (Å²) in [4.78, 5) is 27.1. The van der Waals surface area contributed by atoms with Crippen molar-refractivity contribution in [3.63, 3.8) is 0 Å². The molecule has 0 atom stereocenters. The molecule has 10 heteroatoms. The van der Waals surface area contributed by atoms with Gasteiger partial charge in [0.1, 0.15) is 12.4 Å². The Hall–Kier alpha value is -2.68. The number of halogens is 2. The first kappa shape index (κ1) is 22.5. The molecule has 0 saturated carbocycles. The maximum Gasteiger partial charge on any atom is 0.255 e. The highest BCUT2D eigenvalue weighted by Crippen LogP contribution is 2.25. The third kappa shape index (κ3) is 5.56. The number of likely N-dealkylation sites (tertiary alicyclic amines) is 1. The molecule has 0 bridgehead atoms. The summed E-state index contributed by atoms with van der Waals surface area (Å²) in [5.74, 6) is 0.260. The molecule has 166 valence electrons. The first-order valence-electron chi connectivity index (χ1n) is 10.0. The van der Waals surface area contributed by atoms with Gasteiger partial charge < -0.3 is 15.0 Å². The van der Waals surface area contributed by atoms with E-state index in [-0.39, 0.29) is 24.3 Å². The Morgan fingerprint density at radius 2 is 1.78 bits per heavy atom. The Labute approximate surface area is 199 Å². The van der Waals surface area contributed by atoms with Crippen molar-refractivity contribution in [1.29, 1.82) is 0 Å². The molecular formula is C22H20Cl2N4O3S. The van der Waals surface area contributed by atoms with Crippen LogP contribution < -0.4 is 10.1 Å². The molecule has 0 radical (unpaired) electrons. The van der Waals surface area contributed by atoms with Gasteiger partial charge in [0.2, 0.25) is 11.0 Å². The molecule has 1 aliphatic heterocycles. The van der Waals surface area contributed by atoms with Gasteiger partial charge >= 0.3 is 0 Å². The second-order valence-electron chi connectivity index (χ2n) is 7.28. The number of rotatable bonds is 6. The van der Waals surface area contributed by atoms with E-state index in [0.717, 1.165) is 0 Å². The van der Waals surface area contributed by atoms with E-state index in [4.69, 9.17) is 27.9 Å². The van der Waals surface area contributed by atoms with Crippen molar-refractivity contribution in [2.75, 3.05) is 18.4 Å². The third-order valence-corrected chi connectivity index (χ3v) is 6.52. The molecule has 1 fully saturated rings. The lowest BCUT2D eigenvalue weighted by atomic mass is 9.95. The number of benzene rings is 2.